The SMILES string of the molecule is Cc1noc(C)c1CCC(=O)N[C@@H]1CCCc2nc(-c3ccccc3)sc21. The summed E-state index contributed by atoms with van der Waals surface area (Å²) in [5.74, 6) is 0.873. The van der Waals surface area contributed by atoms with Gasteiger partial charge >= 0.3 is 0 Å². The van der Waals surface area contributed by atoms with Crippen molar-refractivity contribution in [2.24, 2.45) is 0 Å². The van der Waals surface area contributed by atoms with Crippen molar-refractivity contribution in [3.63, 3.8) is 0 Å². The highest BCUT2D eigenvalue weighted by molar-refractivity contribution is 7.15. The Labute approximate surface area is 162 Å². The van der Waals surface area contributed by atoms with Gasteiger partial charge in [-0.3, -0.25) is 4.79 Å². The van der Waals surface area contributed by atoms with Crippen LogP contribution in [0.5, 0.6) is 0 Å². The molecule has 1 aliphatic carbocycles. The van der Waals surface area contributed by atoms with E-state index in [1.54, 1.807) is 11.3 Å². The molecule has 27 heavy (non-hydrogen) atoms. The number of benzene rings is 1. The van der Waals surface area contributed by atoms with Crippen molar-refractivity contribution in [3.8, 4) is 10.6 Å². The van der Waals surface area contributed by atoms with Crippen LogP contribution in [-0.2, 0) is 17.6 Å². The quantitative estimate of drug-likeness (QED) is 0.704. The molecule has 2 heterocycles. The summed E-state index contributed by atoms with van der Waals surface area (Å²) in [6, 6.07) is 10.3. The number of carbonyl (C=O) groups excluding carboxylic acids is 1. The minimum Gasteiger partial charge on any atom is -0.361 e. The summed E-state index contributed by atoms with van der Waals surface area (Å²) in [6.07, 6.45) is 4.12. The molecule has 0 saturated carbocycles. The summed E-state index contributed by atoms with van der Waals surface area (Å²) in [6.45, 7) is 3.81. The van der Waals surface area contributed by atoms with E-state index in [1.165, 1.54) is 4.88 Å². The Morgan fingerprint density at radius 1 is 1.30 bits per heavy atom. The predicted octanol–water partition coefficient (Wildman–Crippen LogP) is 4.54. The topological polar surface area (TPSA) is 68.0 Å². The number of hydrogen-bond acceptors (Lipinski definition) is 5. The van der Waals surface area contributed by atoms with Crippen LogP contribution in [-0.4, -0.2) is 16.0 Å². The van der Waals surface area contributed by atoms with Crippen LogP contribution in [0, 0.1) is 13.8 Å². The van der Waals surface area contributed by atoms with Gasteiger partial charge in [-0.25, -0.2) is 4.98 Å². The van der Waals surface area contributed by atoms with Gasteiger partial charge in [0.1, 0.15) is 10.8 Å². The van der Waals surface area contributed by atoms with Crippen molar-refractivity contribution in [1.82, 2.24) is 15.5 Å². The van der Waals surface area contributed by atoms with E-state index in [0.717, 1.165) is 52.5 Å². The summed E-state index contributed by atoms with van der Waals surface area (Å²) in [5, 5.41) is 8.22. The smallest absolute Gasteiger partial charge is 0.220 e. The first-order valence-electron chi connectivity index (χ1n) is 9.38. The molecule has 0 spiro atoms. The van der Waals surface area contributed by atoms with E-state index < -0.39 is 0 Å². The molecule has 6 heteroatoms. The molecule has 0 fully saturated rings. The van der Waals surface area contributed by atoms with Gasteiger partial charge in [0.25, 0.3) is 0 Å². The highest BCUT2D eigenvalue weighted by Crippen LogP contribution is 2.37. The Bertz CT molecular complexity index is 926. The van der Waals surface area contributed by atoms with Gasteiger partial charge in [0.15, 0.2) is 0 Å². The minimum atomic E-state index is 0.0703. The lowest BCUT2D eigenvalue weighted by molar-refractivity contribution is -0.121. The van der Waals surface area contributed by atoms with E-state index in [9.17, 15) is 4.79 Å². The summed E-state index contributed by atoms with van der Waals surface area (Å²) in [7, 11) is 0. The fourth-order valence-electron chi connectivity index (χ4n) is 3.63. The Morgan fingerprint density at radius 2 is 2.11 bits per heavy atom. The zero-order chi connectivity index (χ0) is 18.8. The fourth-order valence-corrected chi connectivity index (χ4v) is 4.83. The number of amides is 1. The van der Waals surface area contributed by atoms with Crippen molar-refractivity contribution in [3.05, 3.63) is 57.9 Å². The number of carbonyl (C=O) groups is 1. The lowest BCUT2D eigenvalue weighted by Gasteiger charge is -2.22. The maximum absolute atomic E-state index is 12.5. The average molecular weight is 382 g/mol. The van der Waals surface area contributed by atoms with Crippen molar-refractivity contribution in [1.29, 1.82) is 0 Å². The molecule has 0 aliphatic heterocycles. The molecule has 1 aliphatic rings. The van der Waals surface area contributed by atoms with E-state index in [-0.39, 0.29) is 11.9 Å². The van der Waals surface area contributed by atoms with Crippen molar-refractivity contribution in [2.75, 3.05) is 0 Å². The first-order chi connectivity index (χ1) is 13.1. The molecule has 0 saturated heterocycles. The zero-order valence-electron chi connectivity index (χ0n) is 15.6. The van der Waals surface area contributed by atoms with Crippen LogP contribution in [0.4, 0.5) is 0 Å². The molecule has 1 N–H and O–H groups in total. The molecule has 1 atom stereocenters. The second-order valence-corrected chi connectivity index (χ2v) is 8.04. The lowest BCUT2D eigenvalue weighted by Crippen LogP contribution is -2.30. The molecule has 140 valence electrons. The van der Waals surface area contributed by atoms with E-state index in [1.807, 2.05) is 32.0 Å². The molecule has 0 unspecified atom stereocenters. The molecule has 0 bridgehead atoms. The van der Waals surface area contributed by atoms with Crippen LogP contribution in [0.1, 0.15) is 52.9 Å². The molecule has 0 radical (unpaired) electrons. The second kappa shape index (κ2) is 7.64. The Kier molecular flexibility index (Phi) is 5.07. The normalized spacial score (nSPS) is 16.1. The number of aromatic nitrogens is 2. The molecular weight excluding hydrogens is 358 g/mol. The van der Waals surface area contributed by atoms with Crippen LogP contribution in [0.25, 0.3) is 10.6 Å². The van der Waals surface area contributed by atoms with Gasteiger partial charge in [0.2, 0.25) is 5.91 Å². The number of rotatable bonds is 5. The maximum atomic E-state index is 12.5. The van der Waals surface area contributed by atoms with Gasteiger partial charge in [0.05, 0.1) is 22.3 Å². The summed E-state index contributed by atoms with van der Waals surface area (Å²) < 4.78 is 5.18. The lowest BCUT2D eigenvalue weighted by atomic mass is 9.97. The minimum absolute atomic E-state index is 0.0703. The number of fused-ring (bicyclic) bond motifs is 1. The van der Waals surface area contributed by atoms with Gasteiger partial charge in [0, 0.05) is 17.5 Å². The maximum Gasteiger partial charge on any atom is 0.220 e. The van der Waals surface area contributed by atoms with Crippen LogP contribution in [0.15, 0.2) is 34.9 Å². The van der Waals surface area contributed by atoms with Gasteiger partial charge in [-0.2, -0.15) is 0 Å². The highest BCUT2D eigenvalue weighted by atomic mass is 32.1. The van der Waals surface area contributed by atoms with Crippen LogP contribution >= 0.6 is 11.3 Å². The fraction of sp³-hybridized carbons (Fsp3) is 0.381. The van der Waals surface area contributed by atoms with Gasteiger partial charge in [-0.05, 0) is 39.5 Å². The molecule has 3 aromatic rings. The molecule has 5 nitrogen and oxygen atoms in total. The number of nitrogens with zero attached hydrogens (tertiary/aromatic N) is 2. The molecular formula is C21H23N3O2S. The monoisotopic (exact) mass is 381 g/mol. The van der Waals surface area contributed by atoms with Gasteiger partial charge in [-0.1, -0.05) is 35.5 Å². The second-order valence-electron chi connectivity index (χ2n) is 7.01. The third-order valence-corrected chi connectivity index (χ3v) is 6.35. The van der Waals surface area contributed by atoms with Crippen LogP contribution in [0.2, 0.25) is 0 Å². The van der Waals surface area contributed by atoms with E-state index in [2.05, 4.69) is 22.6 Å². The summed E-state index contributed by atoms with van der Waals surface area (Å²) in [5.41, 5.74) is 4.19. The van der Waals surface area contributed by atoms with E-state index in [0.29, 0.717) is 12.8 Å². The average Bonchev–Trinajstić information content (AvgIpc) is 3.25. The van der Waals surface area contributed by atoms with Crippen molar-refractivity contribution < 1.29 is 9.32 Å². The summed E-state index contributed by atoms with van der Waals surface area (Å²) in [4.78, 5) is 18.6. The standard InChI is InChI=1S/C21H23N3O2S/c1-13-16(14(2)26-24-13)11-12-19(25)22-17-9-6-10-18-20(17)27-21(23-18)15-7-4-3-5-8-15/h3-5,7-8,17H,6,9-12H2,1-2H3,(H,22,25)/t17-/m1/s1. The number of thiazole rings is 1. The molecule has 4 rings (SSSR count). The molecule has 1 aromatic carbocycles. The van der Waals surface area contributed by atoms with Crippen molar-refractivity contribution >= 4 is 17.2 Å². The Hall–Kier alpha value is -2.47. The molecule has 2 aromatic heterocycles. The first-order valence-corrected chi connectivity index (χ1v) is 10.2. The predicted molar refractivity (Wildman–Crippen MR) is 106 cm³/mol. The zero-order valence-corrected chi connectivity index (χ0v) is 16.4. The Morgan fingerprint density at radius 3 is 2.85 bits per heavy atom. The van der Waals surface area contributed by atoms with Gasteiger partial charge in [-0.15, -0.1) is 11.3 Å². The molecule has 1 amide bonds. The van der Waals surface area contributed by atoms with E-state index in [4.69, 9.17) is 9.51 Å². The van der Waals surface area contributed by atoms with Gasteiger partial charge < -0.3 is 9.84 Å². The number of aryl methyl sites for hydroxylation is 3. The number of hydrogen-bond donors (Lipinski definition) is 1. The largest absolute Gasteiger partial charge is 0.361 e. The summed E-state index contributed by atoms with van der Waals surface area (Å²) >= 11 is 1.71. The third kappa shape index (κ3) is 3.81. The number of nitrogens with one attached hydrogen (secondary N) is 1. The highest BCUT2D eigenvalue weighted by Gasteiger charge is 2.26. The van der Waals surface area contributed by atoms with Crippen LogP contribution in [0.3, 0.4) is 0 Å². The Balaban J connectivity index is 1.45. The first kappa shape index (κ1) is 17.9. The van der Waals surface area contributed by atoms with Crippen LogP contribution < -0.4 is 5.32 Å². The van der Waals surface area contributed by atoms with Crippen molar-refractivity contribution in [2.45, 2.75) is 52.0 Å². The van der Waals surface area contributed by atoms with E-state index >= 15 is 0 Å². The third-order valence-electron chi connectivity index (χ3n) is 5.09.